The molecule has 0 aliphatic carbocycles. The molecule has 3 nitrogen and oxygen atoms in total. The van der Waals surface area contributed by atoms with Gasteiger partial charge in [0.05, 0.1) is 12.2 Å². The molecule has 0 spiro atoms. The monoisotopic (exact) mass is 278 g/mol. The molecular formula is C17H26O3. The molecule has 3 heteroatoms. The number of hydrogen-bond acceptors (Lipinski definition) is 3. The van der Waals surface area contributed by atoms with Crippen molar-refractivity contribution in [3.05, 3.63) is 34.9 Å². The van der Waals surface area contributed by atoms with Crippen LogP contribution in [0.1, 0.15) is 55.6 Å². The van der Waals surface area contributed by atoms with E-state index in [9.17, 15) is 4.79 Å². The van der Waals surface area contributed by atoms with Gasteiger partial charge in [0.25, 0.3) is 0 Å². The van der Waals surface area contributed by atoms with Crippen LogP contribution in [0, 0.1) is 6.92 Å². The van der Waals surface area contributed by atoms with Crippen molar-refractivity contribution in [1.29, 1.82) is 0 Å². The number of ether oxygens (including phenoxy) is 2. The van der Waals surface area contributed by atoms with E-state index in [2.05, 4.69) is 20.8 Å². The highest BCUT2D eigenvalue weighted by atomic mass is 16.6. The largest absolute Gasteiger partial charge is 0.460 e. The average molecular weight is 278 g/mol. The standard InChI is InChI=1S/C17H26O3/c1-6-9-19-10-11-20-16(18)14-7-8-15(13(2)12-14)17(3,4)5/h7-8,12H,6,9-11H2,1-5H3. The number of rotatable bonds is 6. The Balaban J connectivity index is 2.59. The summed E-state index contributed by atoms with van der Waals surface area (Å²) < 4.78 is 10.5. The second kappa shape index (κ2) is 7.44. The first-order chi connectivity index (χ1) is 9.36. The number of carbonyl (C=O) groups is 1. The number of carbonyl (C=O) groups excluding carboxylic acids is 1. The van der Waals surface area contributed by atoms with Crippen LogP contribution in [0.15, 0.2) is 18.2 Å². The number of esters is 1. The number of aryl methyl sites for hydroxylation is 1. The van der Waals surface area contributed by atoms with Crippen LogP contribution in [0.3, 0.4) is 0 Å². The Kier molecular flexibility index (Phi) is 6.21. The van der Waals surface area contributed by atoms with Gasteiger partial charge in [0, 0.05) is 6.61 Å². The molecule has 0 N–H and O–H groups in total. The minimum atomic E-state index is -0.284. The van der Waals surface area contributed by atoms with Crippen LogP contribution in [0.25, 0.3) is 0 Å². The van der Waals surface area contributed by atoms with Crippen molar-refractivity contribution in [3.63, 3.8) is 0 Å². The molecule has 1 aromatic rings. The fourth-order valence-electron chi connectivity index (χ4n) is 2.16. The Labute approximate surface area is 122 Å². The van der Waals surface area contributed by atoms with Crippen LogP contribution in [-0.2, 0) is 14.9 Å². The summed E-state index contributed by atoms with van der Waals surface area (Å²) in [5.41, 5.74) is 3.06. The highest BCUT2D eigenvalue weighted by molar-refractivity contribution is 5.89. The molecule has 0 aliphatic rings. The van der Waals surface area contributed by atoms with Gasteiger partial charge in [0.15, 0.2) is 0 Å². The molecule has 0 bridgehead atoms. The fraction of sp³-hybridized carbons (Fsp3) is 0.588. The summed E-state index contributed by atoms with van der Waals surface area (Å²) in [7, 11) is 0. The van der Waals surface area contributed by atoms with Crippen LogP contribution >= 0.6 is 0 Å². The predicted molar refractivity (Wildman–Crippen MR) is 81.3 cm³/mol. The van der Waals surface area contributed by atoms with Gasteiger partial charge >= 0.3 is 5.97 Å². The van der Waals surface area contributed by atoms with E-state index in [-0.39, 0.29) is 11.4 Å². The third-order valence-electron chi connectivity index (χ3n) is 3.08. The molecule has 0 saturated heterocycles. The zero-order valence-corrected chi connectivity index (χ0v) is 13.3. The third-order valence-corrected chi connectivity index (χ3v) is 3.08. The van der Waals surface area contributed by atoms with Gasteiger partial charge in [-0.05, 0) is 42.0 Å². The summed E-state index contributed by atoms with van der Waals surface area (Å²) in [6, 6.07) is 5.75. The molecule has 0 heterocycles. The lowest BCUT2D eigenvalue weighted by Crippen LogP contribution is -2.15. The lowest BCUT2D eigenvalue weighted by Gasteiger charge is -2.22. The molecule has 0 aliphatic heterocycles. The van der Waals surface area contributed by atoms with E-state index in [4.69, 9.17) is 9.47 Å². The summed E-state index contributed by atoms with van der Waals surface area (Å²) in [6.07, 6.45) is 0.974. The van der Waals surface area contributed by atoms with Crippen LogP contribution < -0.4 is 0 Å². The average Bonchev–Trinajstić information content (AvgIpc) is 2.36. The number of hydrogen-bond donors (Lipinski definition) is 0. The molecule has 112 valence electrons. The SMILES string of the molecule is CCCOCCOC(=O)c1ccc(C(C)(C)C)c(C)c1. The van der Waals surface area contributed by atoms with Crippen molar-refractivity contribution in [2.24, 2.45) is 0 Å². The molecular weight excluding hydrogens is 252 g/mol. The van der Waals surface area contributed by atoms with Gasteiger partial charge in [-0.3, -0.25) is 0 Å². The van der Waals surface area contributed by atoms with Crippen molar-refractivity contribution >= 4 is 5.97 Å². The van der Waals surface area contributed by atoms with Crippen LogP contribution in [-0.4, -0.2) is 25.8 Å². The summed E-state index contributed by atoms with van der Waals surface area (Å²) in [4.78, 5) is 11.9. The second-order valence-electron chi connectivity index (χ2n) is 6.03. The maximum Gasteiger partial charge on any atom is 0.338 e. The minimum absolute atomic E-state index is 0.0838. The molecule has 20 heavy (non-hydrogen) atoms. The normalized spacial score (nSPS) is 11.4. The first-order valence-electron chi connectivity index (χ1n) is 7.22. The fourth-order valence-corrected chi connectivity index (χ4v) is 2.16. The smallest absolute Gasteiger partial charge is 0.338 e. The Bertz CT molecular complexity index is 444. The quantitative estimate of drug-likeness (QED) is 0.585. The van der Waals surface area contributed by atoms with Crippen LogP contribution in [0.2, 0.25) is 0 Å². The number of benzene rings is 1. The Morgan fingerprint density at radius 1 is 1.15 bits per heavy atom. The first-order valence-corrected chi connectivity index (χ1v) is 7.22. The Morgan fingerprint density at radius 2 is 1.85 bits per heavy atom. The molecule has 0 atom stereocenters. The molecule has 0 aromatic heterocycles. The highest BCUT2D eigenvalue weighted by Crippen LogP contribution is 2.26. The summed E-state index contributed by atoms with van der Waals surface area (Å²) >= 11 is 0. The van der Waals surface area contributed by atoms with E-state index in [0.717, 1.165) is 12.0 Å². The third kappa shape index (κ3) is 4.97. The second-order valence-corrected chi connectivity index (χ2v) is 6.03. The van der Waals surface area contributed by atoms with Crippen molar-refractivity contribution in [3.8, 4) is 0 Å². The van der Waals surface area contributed by atoms with Crippen molar-refractivity contribution < 1.29 is 14.3 Å². The van der Waals surface area contributed by atoms with Crippen LogP contribution in [0.4, 0.5) is 0 Å². The van der Waals surface area contributed by atoms with Gasteiger partial charge in [0.1, 0.15) is 6.61 Å². The molecule has 1 aromatic carbocycles. The molecule has 0 saturated carbocycles. The summed E-state index contributed by atoms with van der Waals surface area (Å²) in [6.45, 7) is 12.0. The van der Waals surface area contributed by atoms with E-state index in [1.165, 1.54) is 5.56 Å². The predicted octanol–water partition coefficient (Wildman–Crippen LogP) is 3.88. The van der Waals surface area contributed by atoms with Gasteiger partial charge in [-0.1, -0.05) is 33.8 Å². The van der Waals surface area contributed by atoms with Gasteiger partial charge in [0.2, 0.25) is 0 Å². The lowest BCUT2D eigenvalue weighted by molar-refractivity contribution is 0.0318. The lowest BCUT2D eigenvalue weighted by atomic mass is 9.83. The van der Waals surface area contributed by atoms with E-state index >= 15 is 0 Å². The highest BCUT2D eigenvalue weighted by Gasteiger charge is 2.17. The van der Waals surface area contributed by atoms with Crippen molar-refractivity contribution in [2.75, 3.05) is 19.8 Å². The van der Waals surface area contributed by atoms with Gasteiger partial charge in [-0.2, -0.15) is 0 Å². The van der Waals surface area contributed by atoms with Gasteiger partial charge < -0.3 is 9.47 Å². The molecule has 1 rings (SSSR count). The zero-order valence-electron chi connectivity index (χ0n) is 13.3. The molecule has 0 radical (unpaired) electrons. The Hall–Kier alpha value is -1.35. The van der Waals surface area contributed by atoms with E-state index in [1.54, 1.807) is 0 Å². The maximum absolute atomic E-state index is 11.9. The van der Waals surface area contributed by atoms with Crippen molar-refractivity contribution in [1.82, 2.24) is 0 Å². The van der Waals surface area contributed by atoms with Gasteiger partial charge in [-0.15, -0.1) is 0 Å². The summed E-state index contributed by atoms with van der Waals surface area (Å²) in [5, 5.41) is 0. The van der Waals surface area contributed by atoms with Crippen molar-refractivity contribution in [2.45, 2.75) is 46.5 Å². The Morgan fingerprint density at radius 3 is 2.40 bits per heavy atom. The van der Waals surface area contributed by atoms with E-state index in [0.29, 0.717) is 25.4 Å². The van der Waals surface area contributed by atoms with E-state index < -0.39 is 0 Å². The summed E-state index contributed by atoms with van der Waals surface area (Å²) in [5.74, 6) is -0.284. The van der Waals surface area contributed by atoms with E-state index in [1.807, 2.05) is 32.0 Å². The maximum atomic E-state index is 11.9. The topological polar surface area (TPSA) is 35.5 Å². The minimum Gasteiger partial charge on any atom is -0.460 e. The van der Waals surface area contributed by atoms with Gasteiger partial charge in [-0.25, -0.2) is 4.79 Å². The first kappa shape index (κ1) is 16.7. The zero-order chi connectivity index (χ0) is 15.2. The molecule has 0 unspecified atom stereocenters. The molecule has 0 fully saturated rings. The van der Waals surface area contributed by atoms with Crippen LogP contribution in [0.5, 0.6) is 0 Å². The molecule has 0 amide bonds.